The van der Waals surface area contributed by atoms with Gasteiger partial charge in [0.1, 0.15) is 18.1 Å². The largest absolute Gasteiger partial charge is 0.494 e. The molecular formula is C20H28N2O2. The van der Waals surface area contributed by atoms with E-state index in [2.05, 4.69) is 36.1 Å². The number of rotatable bonds is 11. The van der Waals surface area contributed by atoms with Crippen LogP contribution in [0.2, 0.25) is 0 Å². The fourth-order valence-corrected chi connectivity index (χ4v) is 2.44. The van der Waals surface area contributed by atoms with Gasteiger partial charge < -0.3 is 15.2 Å². The minimum absolute atomic E-state index is 0.641. The molecule has 4 heteroatoms. The Morgan fingerprint density at radius 2 is 1.46 bits per heavy atom. The van der Waals surface area contributed by atoms with E-state index in [1.54, 1.807) is 0 Å². The summed E-state index contributed by atoms with van der Waals surface area (Å²) in [6.07, 6.45) is 1.01. The molecule has 0 aliphatic heterocycles. The third-order valence-corrected chi connectivity index (χ3v) is 3.67. The van der Waals surface area contributed by atoms with Gasteiger partial charge in [-0.25, -0.2) is 0 Å². The highest BCUT2D eigenvalue weighted by Gasteiger charge is 2.05. The van der Waals surface area contributed by atoms with Gasteiger partial charge in [-0.3, -0.25) is 4.90 Å². The van der Waals surface area contributed by atoms with Crippen molar-refractivity contribution < 1.29 is 9.47 Å². The molecule has 2 N–H and O–H groups in total. The molecule has 0 unspecified atom stereocenters. The first-order valence-electron chi connectivity index (χ1n) is 8.64. The molecule has 0 atom stereocenters. The summed E-state index contributed by atoms with van der Waals surface area (Å²) in [5, 5.41) is 0. The van der Waals surface area contributed by atoms with Crippen LogP contribution in [-0.2, 0) is 6.54 Å². The number of hydrogen-bond acceptors (Lipinski definition) is 4. The van der Waals surface area contributed by atoms with Crippen molar-refractivity contribution in [2.45, 2.75) is 19.9 Å². The molecule has 4 nitrogen and oxygen atoms in total. The van der Waals surface area contributed by atoms with Crippen molar-refractivity contribution >= 4 is 0 Å². The Morgan fingerprint density at radius 1 is 0.833 bits per heavy atom. The van der Waals surface area contributed by atoms with Gasteiger partial charge >= 0.3 is 0 Å². The zero-order chi connectivity index (χ0) is 17.0. The zero-order valence-corrected chi connectivity index (χ0v) is 14.5. The van der Waals surface area contributed by atoms with E-state index in [9.17, 15) is 0 Å². The molecule has 0 saturated carbocycles. The third kappa shape index (κ3) is 6.60. The highest BCUT2D eigenvalue weighted by molar-refractivity contribution is 5.31. The first-order chi connectivity index (χ1) is 11.8. The van der Waals surface area contributed by atoms with Gasteiger partial charge in [-0.1, -0.05) is 37.3 Å². The summed E-state index contributed by atoms with van der Waals surface area (Å²) in [5.74, 6) is 1.75. The van der Waals surface area contributed by atoms with Crippen molar-refractivity contribution in [2.75, 3.05) is 32.8 Å². The molecule has 24 heavy (non-hydrogen) atoms. The molecule has 0 aromatic heterocycles. The molecular weight excluding hydrogens is 300 g/mol. The first-order valence-corrected chi connectivity index (χ1v) is 8.64. The summed E-state index contributed by atoms with van der Waals surface area (Å²) in [5.41, 5.74) is 7.02. The Kier molecular flexibility index (Phi) is 8.15. The molecule has 0 amide bonds. The SMILES string of the molecule is CCCOc1ccc(OCCN(CCN)Cc2ccccc2)cc1. The summed E-state index contributed by atoms with van der Waals surface area (Å²) in [6, 6.07) is 18.2. The second-order valence-corrected chi connectivity index (χ2v) is 5.72. The number of benzene rings is 2. The smallest absolute Gasteiger partial charge is 0.119 e. The van der Waals surface area contributed by atoms with Crippen LogP contribution in [0.3, 0.4) is 0 Å². The molecule has 0 aliphatic rings. The normalized spacial score (nSPS) is 10.8. The van der Waals surface area contributed by atoms with Gasteiger partial charge in [0.15, 0.2) is 0 Å². The predicted molar refractivity (Wildman–Crippen MR) is 98.5 cm³/mol. The minimum atomic E-state index is 0.641. The molecule has 0 fully saturated rings. The number of ether oxygens (including phenoxy) is 2. The maximum atomic E-state index is 5.84. The van der Waals surface area contributed by atoms with Crippen molar-refractivity contribution in [1.29, 1.82) is 0 Å². The second kappa shape index (κ2) is 10.7. The highest BCUT2D eigenvalue weighted by atomic mass is 16.5. The summed E-state index contributed by atoms with van der Waals surface area (Å²) >= 11 is 0. The second-order valence-electron chi connectivity index (χ2n) is 5.72. The van der Waals surface area contributed by atoms with E-state index in [-0.39, 0.29) is 0 Å². The van der Waals surface area contributed by atoms with Crippen molar-refractivity contribution in [3.05, 3.63) is 60.2 Å². The monoisotopic (exact) mass is 328 g/mol. The van der Waals surface area contributed by atoms with Crippen molar-refractivity contribution in [3.63, 3.8) is 0 Å². The molecule has 0 heterocycles. The molecule has 0 aliphatic carbocycles. The van der Waals surface area contributed by atoms with E-state index in [0.717, 1.165) is 44.2 Å². The zero-order valence-electron chi connectivity index (χ0n) is 14.5. The van der Waals surface area contributed by atoms with E-state index in [4.69, 9.17) is 15.2 Å². The average molecular weight is 328 g/mol. The van der Waals surface area contributed by atoms with Crippen LogP contribution < -0.4 is 15.2 Å². The van der Waals surface area contributed by atoms with Crippen LogP contribution in [0.5, 0.6) is 11.5 Å². The fourth-order valence-electron chi connectivity index (χ4n) is 2.44. The van der Waals surface area contributed by atoms with E-state index in [0.29, 0.717) is 13.2 Å². The van der Waals surface area contributed by atoms with E-state index in [1.807, 2.05) is 30.3 Å². The topological polar surface area (TPSA) is 47.7 Å². The highest BCUT2D eigenvalue weighted by Crippen LogP contribution is 2.17. The molecule has 0 radical (unpaired) electrons. The van der Waals surface area contributed by atoms with Gasteiger partial charge in [0, 0.05) is 26.2 Å². The van der Waals surface area contributed by atoms with Gasteiger partial charge in [-0.15, -0.1) is 0 Å². The van der Waals surface area contributed by atoms with Gasteiger partial charge in [0.2, 0.25) is 0 Å². The van der Waals surface area contributed by atoms with E-state index >= 15 is 0 Å². The Bertz CT molecular complexity index is 558. The van der Waals surface area contributed by atoms with Crippen LogP contribution in [0, 0.1) is 0 Å². The molecule has 2 aromatic rings. The lowest BCUT2D eigenvalue weighted by molar-refractivity contribution is 0.206. The number of hydrogen-bond donors (Lipinski definition) is 1. The van der Waals surface area contributed by atoms with Crippen molar-refractivity contribution in [2.24, 2.45) is 5.73 Å². The maximum Gasteiger partial charge on any atom is 0.119 e. The van der Waals surface area contributed by atoms with Crippen LogP contribution in [0.25, 0.3) is 0 Å². The van der Waals surface area contributed by atoms with Crippen LogP contribution >= 0.6 is 0 Å². The predicted octanol–water partition coefficient (Wildman–Crippen LogP) is 3.32. The molecule has 0 saturated heterocycles. The quantitative estimate of drug-likeness (QED) is 0.687. The van der Waals surface area contributed by atoms with Crippen LogP contribution in [0.15, 0.2) is 54.6 Å². The van der Waals surface area contributed by atoms with Crippen molar-refractivity contribution in [1.82, 2.24) is 4.90 Å². The summed E-state index contributed by atoms with van der Waals surface area (Å²) < 4.78 is 11.4. The van der Waals surface area contributed by atoms with E-state index < -0.39 is 0 Å². The molecule has 0 spiro atoms. The lowest BCUT2D eigenvalue weighted by Gasteiger charge is -2.21. The lowest BCUT2D eigenvalue weighted by Crippen LogP contribution is -2.32. The number of nitrogens with two attached hydrogens (primary N) is 1. The fraction of sp³-hybridized carbons (Fsp3) is 0.400. The first kappa shape index (κ1) is 18.3. The minimum Gasteiger partial charge on any atom is -0.494 e. The molecule has 0 bridgehead atoms. The summed E-state index contributed by atoms with van der Waals surface area (Å²) in [4.78, 5) is 2.31. The molecule has 130 valence electrons. The van der Waals surface area contributed by atoms with Crippen LogP contribution in [0.1, 0.15) is 18.9 Å². The van der Waals surface area contributed by atoms with Gasteiger partial charge in [0.05, 0.1) is 6.61 Å². The summed E-state index contributed by atoms with van der Waals surface area (Å²) in [6.45, 7) is 6.74. The van der Waals surface area contributed by atoms with Crippen LogP contribution in [-0.4, -0.2) is 37.7 Å². The van der Waals surface area contributed by atoms with E-state index in [1.165, 1.54) is 5.56 Å². The maximum absolute atomic E-state index is 5.84. The number of nitrogens with zero attached hydrogens (tertiary/aromatic N) is 1. The average Bonchev–Trinajstić information content (AvgIpc) is 2.62. The Hall–Kier alpha value is -2.04. The molecule has 2 aromatic carbocycles. The van der Waals surface area contributed by atoms with Crippen molar-refractivity contribution in [3.8, 4) is 11.5 Å². The molecule has 2 rings (SSSR count). The van der Waals surface area contributed by atoms with Gasteiger partial charge in [-0.05, 0) is 36.2 Å². The third-order valence-electron chi connectivity index (χ3n) is 3.67. The van der Waals surface area contributed by atoms with Gasteiger partial charge in [0.25, 0.3) is 0 Å². The Labute approximate surface area is 145 Å². The Balaban J connectivity index is 1.77. The summed E-state index contributed by atoms with van der Waals surface area (Å²) in [7, 11) is 0. The van der Waals surface area contributed by atoms with Crippen LogP contribution in [0.4, 0.5) is 0 Å². The standard InChI is InChI=1S/C20H28N2O2/c1-2-15-23-19-8-10-20(11-9-19)24-16-14-22(13-12-21)17-18-6-4-3-5-7-18/h3-11H,2,12-17,21H2,1H3. The van der Waals surface area contributed by atoms with Gasteiger partial charge in [-0.2, -0.15) is 0 Å². The Morgan fingerprint density at radius 3 is 2.04 bits per heavy atom. The lowest BCUT2D eigenvalue weighted by atomic mass is 10.2.